The van der Waals surface area contributed by atoms with Crippen molar-refractivity contribution in [2.24, 2.45) is 7.05 Å². The molecule has 1 N–H and O–H groups in total. The lowest BCUT2D eigenvalue weighted by Gasteiger charge is -2.35. The Bertz CT molecular complexity index is 941. The Morgan fingerprint density at radius 3 is 1.73 bits per heavy atom. The third-order valence-electron chi connectivity index (χ3n) is 5.27. The molecule has 0 bridgehead atoms. The zero-order valence-electron chi connectivity index (χ0n) is 20.8. The summed E-state index contributed by atoms with van der Waals surface area (Å²) in [6, 6.07) is 4.72. The molecule has 2 aromatic rings. The van der Waals surface area contributed by atoms with Gasteiger partial charge in [-0.2, -0.15) is 5.10 Å². The fourth-order valence-corrected chi connectivity index (χ4v) is 7.75. The van der Waals surface area contributed by atoms with Crippen LogP contribution in [0.5, 0.6) is 0 Å². The van der Waals surface area contributed by atoms with Crippen molar-refractivity contribution in [2.75, 3.05) is 12.2 Å². The molecule has 1 aromatic heterocycles. The van der Waals surface area contributed by atoms with Gasteiger partial charge in [0, 0.05) is 28.2 Å². The Hall–Kier alpha value is -0.730. The first-order chi connectivity index (χ1) is 13.4. The molecule has 0 saturated heterocycles. The normalized spacial score (nSPS) is 15.5. The molecule has 7 heteroatoms. The van der Waals surface area contributed by atoms with Crippen LogP contribution in [0.15, 0.2) is 12.1 Å². The number of nitrogens with zero attached hydrogens (tertiary/aromatic N) is 2. The van der Waals surface area contributed by atoms with Gasteiger partial charge in [0.15, 0.2) is 6.42 Å². The van der Waals surface area contributed by atoms with E-state index < -0.39 is 6.42 Å². The van der Waals surface area contributed by atoms with Gasteiger partial charge in [0.25, 0.3) is 0 Å². The summed E-state index contributed by atoms with van der Waals surface area (Å²) < 4.78 is 7.95. The van der Waals surface area contributed by atoms with Crippen molar-refractivity contribution >= 4 is 37.3 Å². The second kappa shape index (κ2) is 8.32. The second-order valence-corrected chi connectivity index (χ2v) is 16.4. The molecule has 0 spiro atoms. The van der Waals surface area contributed by atoms with Crippen LogP contribution in [0.2, 0.25) is 0 Å². The summed E-state index contributed by atoms with van der Waals surface area (Å²) in [7, 11) is 4.68. The Balaban J connectivity index is 2.86. The molecule has 0 aliphatic carbocycles. The summed E-state index contributed by atoms with van der Waals surface area (Å²) in [5.74, 6) is 0. The van der Waals surface area contributed by atoms with E-state index in [0.29, 0.717) is 0 Å². The Morgan fingerprint density at radius 2 is 1.43 bits per heavy atom. The molecule has 30 heavy (non-hydrogen) atoms. The predicted molar refractivity (Wildman–Crippen MR) is 138 cm³/mol. The Kier molecular flexibility index (Phi) is 7.08. The molecule has 0 aliphatic rings. The predicted octanol–water partition coefficient (Wildman–Crippen LogP) is 6.89. The molecule has 4 nitrogen and oxygen atoms in total. The number of aromatic nitrogens is 2. The van der Waals surface area contributed by atoms with Gasteiger partial charge in [-0.15, -0.1) is 0 Å². The van der Waals surface area contributed by atoms with Gasteiger partial charge in [0.2, 0.25) is 0 Å². The molecule has 1 unspecified atom stereocenters. The van der Waals surface area contributed by atoms with Crippen LogP contribution in [-0.2, 0) is 39.6 Å². The van der Waals surface area contributed by atoms with Crippen LogP contribution < -0.4 is 10.1 Å². The molecule has 0 saturated carbocycles. The van der Waals surface area contributed by atoms with Crippen LogP contribution in [0, 0.1) is 6.92 Å². The van der Waals surface area contributed by atoms with Gasteiger partial charge >= 0.3 is 0 Å². The van der Waals surface area contributed by atoms with E-state index in [0.717, 1.165) is 24.8 Å². The molecule has 0 amide bonds. The minimum atomic E-state index is -2.50. The van der Waals surface area contributed by atoms with Gasteiger partial charge in [0.05, 0.1) is 10.7 Å². The molecule has 0 aliphatic heterocycles. The fraction of sp³-hybridized carbons (Fsp3) is 0.652. The quantitative estimate of drug-likeness (QED) is 0.497. The highest BCUT2D eigenvalue weighted by Gasteiger charge is 2.33. The molecule has 1 heterocycles. The van der Waals surface area contributed by atoms with E-state index in [9.17, 15) is 0 Å². The van der Waals surface area contributed by atoms with Crippen molar-refractivity contribution < 1.29 is 4.52 Å². The van der Waals surface area contributed by atoms with Gasteiger partial charge in [-0.3, -0.25) is 0 Å². The smallest absolute Gasteiger partial charge is 0.191 e. The Labute approximate surface area is 190 Å². The van der Waals surface area contributed by atoms with Gasteiger partial charge in [0.1, 0.15) is 0 Å². The third kappa shape index (κ3) is 5.36. The molecule has 1 aromatic carbocycles. The van der Waals surface area contributed by atoms with E-state index in [4.69, 9.17) is 16.3 Å². The summed E-state index contributed by atoms with van der Waals surface area (Å²) in [6.07, 6.45) is -2.50. The molecule has 1 atom stereocenters. The van der Waals surface area contributed by atoms with E-state index in [1.165, 1.54) is 16.7 Å². The SMILES string of the molecule is COP(=S)(Nc1c(C(C)(C)C)cc(C(C)(C)C)cc1C(C)(C)C)c1pn(C)nc1C. The first kappa shape index (κ1) is 25.5. The summed E-state index contributed by atoms with van der Waals surface area (Å²) in [5.41, 5.74) is 5.96. The van der Waals surface area contributed by atoms with E-state index in [1.54, 1.807) is 7.11 Å². The maximum atomic E-state index is 6.17. The maximum absolute atomic E-state index is 6.17. The number of rotatable bonds is 4. The van der Waals surface area contributed by atoms with Crippen molar-refractivity contribution in [3.8, 4) is 0 Å². The highest BCUT2D eigenvalue weighted by molar-refractivity contribution is 8.18. The van der Waals surface area contributed by atoms with Gasteiger partial charge < -0.3 is 9.61 Å². The third-order valence-corrected chi connectivity index (χ3v) is 10.9. The standard InChI is InChI=1S/C23H39N3OP2S/c1-15-20(28-26(11)24-15)29(30,27-12)25-19-17(22(5,6)7)13-16(21(2,3)4)14-18(19)23(8,9)10/h13-14H,1-12H3,(H,25,30). The van der Waals surface area contributed by atoms with E-state index in [1.807, 2.05) is 18.4 Å². The number of benzene rings is 1. The number of hydrogen-bond acceptors (Lipinski definition) is 3. The lowest BCUT2D eigenvalue weighted by Crippen LogP contribution is -2.25. The van der Waals surface area contributed by atoms with E-state index >= 15 is 0 Å². The van der Waals surface area contributed by atoms with Crippen LogP contribution in [0.1, 0.15) is 84.7 Å². The minimum Gasteiger partial charge on any atom is -0.334 e. The summed E-state index contributed by atoms with van der Waals surface area (Å²) >= 11 is 6.17. The van der Waals surface area contributed by atoms with Gasteiger partial charge in [-0.25, -0.2) is 4.44 Å². The van der Waals surface area contributed by atoms with Crippen LogP contribution in [0.3, 0.4) is 0 Å². The first-order valence-electron chi connectivity index (χ1n) is 10.4. The zero-order valence-corrected chi connectivity index (χ0v) is 23.4. The average molecular weight is 468 g/mol. The summed E-state index contributed by atoms with van der Waals surface area (Å²) in [5, 5.41) is 9.41. The molecule has 2 rings (SSSR count). The molecule has 0 radical (unpaired) electrons. The van der Waals surface area contributed by atoms with Crippen molar-refractivity contribution in [3.05, 3.63) is 34.5 Å². The van der Waals surface area contributed by atoms with E-state index in [2.05, 4.69) is 84.6 Å². The van der Waals surface area contributed by atoms with Crippen LogP contribution in [0.4, 0.5) is 5.69 Å². The number of nitrogens with one attached hydrogen (secondary N) is 1. The number of anilines is 1. The van der Waals surface area contributed by atoms with Crippen molar-refractivity contribution in [1.29, 1.82) is 0 Å². The van der Waals surface area contributed by atoms with Crippen LogP contribution in [0.25, 0.3) is 0 Å². The number of aryl methyl sites for hydroxylation is 2. The second-order valence-electron chi connectivity index (χ2n) is 11.1. The minimum absolute atomic E-state index is 0.0462. The highest BCUT2D eigenvalue weighted by Crippen LogP contribution is 2.52. The van der Waals surface area contributed by atoms with Crippen molar-refractivity contribution in [3.63, 3.8) is 0 Å². The van der Waals surface area contributed by atoms with Crippen LogP contribution in [-0.4, -0.2) is 16.7 Å². The first-order valence-corrected chi connectivity index (χ1v) is 14.0. The topological polar surface area (TPSA) is 39.1 Å². The number of hydrogen-bond donors (Lipinski definition) is 1. The molecular weight excluding hydrogens is 428 g/mol. The maximum Gasteiger partial charge on any atom is 0.191 e. The molecule has 168 valence electrons. The monoisotopic (exact) mass is 467 g/mol. The molecular formula is C23H39N3OP2S. The lowest BCUT2D eigenvalue weighted by molar-refractivity contribution is 0.469. The fourth-order valence-electron chi connectivity index (χ4n) is 3.48. The average Bonchev–Trinajstić information content (AvgIpc) is 2.90. The lowest BCUT2D eigenvalue weighted by atomic mass is 9.74. The van der Waals surface area contributed by atoms with Gasteiger partial charge in [-0.05, 0) is 51.7 Å². The summed E-state index contributed by atoms with van der Waals surface area (Å²) in [6.45, 7) is 22.5. The Morgan fingerprint density at radius 1 is 0.967 bits per heavy atom. The zero-order chi connectivity index (χ0) is 23.3. The van der Waals surface area contributed by atoms with Crippen molar-refractivity contribution in [2.45, 2.75) is 85.5 Å². The van der Waals surface area contributed by atoms with E-state index in [-0.39, 0.29) is 16.2 Å². The largest absolute Gasteiger partial charge is 0.334 e. The van der Waals surface area contributed by atoms with Gasteiger partial charge in [-0.1, -0.05) is 74.4 Å². The highest BCUT2D eigenvalue weighted by atomic mass is 32.4. The molecule has 0 fully saturated rings. The van der Waals surface area contributed by atoms with Crippen LogP contribution >= 0.6 is 14.8 Å². The summed E-state index contributed by atoms with van der Waals surface area (Å²) in [4.78, 5) is 0. The van der Waals surface area contributed by atoms with Crippen molar-refractivity contribution in [1.82, 2.24) is 9.54 Å².